The average Bonchev–Trinajstić information content (AvgIpc) is 3.08. The van der Waals surface area contributed by atoms with Crippen LogP contribution in [-0.4, -0.2) is 11.0 Å². The van der Waals surface area contributed by atoms with E-state index in [-0.39, 0.29) is 0 Å². The van der Waals surface area contributed by atoms with Crippen molar-refractivity contribution in [2.75, 3.05) is 5.32 Å². The zero-order valence-electron chi connectivity index (χ0n) is 15.7. The predicted octanol–water partition coefficient (Wildman–Crippen LogP) is 4.29. The molecule has 136 valence electrons. The molecule has 2 heterocycles. The lowest BCUT2D eigenvalue weighted by atomic mass is 9.94. The lowest BCUT2D eigenvalue weighted by Gasteiger charge is -2.23. The molecule has 0 bridgehead atoms. The van der Waals surface area contributed by atoms with Crippen LogP contribution in [0.15, 0.2) is 24.3 Å². The fourth-order valence-corrected chi connectivity index (χ4v) is 4.34. The number of nitriles is 2. The molecule has 1 saturated carbocycles. The monoisotopic (exact) mass is 358 g/mol. The third-order valence-electron chi connectivity index (χ3n) is 5.74. The first-order chi connectivity index (χ1) is 13.2. The van der Waals surface area contributed by atoms with Crippen molar-refractivity contribution in [1.82, 2.24) is 4.98 Å². The van der Waals surface area contributed by atoms with Crippen molar-refractivity contribution < 1.29 is 4.40 Å². The fourth-order valence-electron chi connectivity index (χ4n) is 4.34. The van der Waals surface area contributed by atoms with E-state index in [4.69, 9.17) is 5.26 Å². The smallest absolute Gasteiger partial charge is 0.250 e. The van der Waals surface area contributed by atoms with Gasteiger partial charge in [-0.1, -0.05) is 31.4 Å². The number of aromatic nitrogens is 2. The molecule has 4 rings (SSSR count). The Morgan fingerprint density at radius 3 is 2.70 bits per heavy atom. The Labute approximate surface area is 159 Å². The molecule has 5 heteroatoms. The van der Waals surface area contributed by atoms with Gasteiger partial charge in [-0.05, 0) is 43.9 Å². The Morgan fingerprint density at radius 2 is 1.96 bits per heavy atom. The molecular weight excluding hydrogens is 334 g/mol. The molecule has 0 unspecified atom stereocenters. The molecule has 1 aromatic carbocycles. The summed E-state index contributed by atoms with van der Waals surface area (Å²) in [6, 6.07) is 13.2. The van der Waals surface area contributed by atoms with E-state index in [2.05, 4.69) is 32.9 Å². The number of pyridine rings is 1. The van der Waals surface area contributed by atoms with E-state index in [1.54, 1.807) is 0 Å². The maximum absolute atomic E-state index is 9.84. The van der Waals surface area contributed by atoms with Crippen LogP contribution in [0.3, 0.4) is 0 Å². The van der Waals surface area contributed by atoms with Crippen LogP contribution in [0.2, 0.25) is 0 Å². The van der Waals surface area contributed by atoms with E-state index in [1.807, 2.05) is 25.1 Å². The van der Waals surface area contributed by atoms with Gasteiger partial charge in [-0.3, -0.25) is 4.98 Å². The van der Waals surface area contributed by atoms with E-state index in [0.29, 0.717) is 24.4 Å². The number of imidazole rings is 1. The topological polar surface area (TPSA) is 79.5 Å². The molecular formula is C22H24N5+. The van der Waals surface area contributed by atoms with Crippen LogP contribution >= 0.6 is 0 Å². The zero-order chi connectivity index (χ0) is 18.8. The minimum atomic E-state index is 0.441. The van der Waals surface area contributed by atoms with Crippen molar-refractivity contribution in [3.05, 3.63) is 41.0 Å². The normalized spacial score (nSPS) is 14.9. The highest BCUT2D eigenvalue weighted by Crippen LogP contribution is 2.29. The van der Waals surface area contributed by atoms with Crippen LogP contribution in [0, 0.1) is 29.6 Å². The van der Waals surface area contributed by atoms with Crippen LogP contribution in [-0.2, 0) is 6.42 Å². The number of benzene rings is 1. The molecule has 1 aliphatic rings. The summed E-state index contributed by atoms with van der Waals surface area (Å²) in [6.07, 6.45) is 7.24. The SMILES string of the molecule is Cc1c(CCC#N)c(NC2CCCCC2)[n+]2c([nH]c3ccccc32)c1C#N. The number of aromatic amines is 1. The molecule has 2 N–H and O–H groups in total. The van der Waals surface area contributed by atoms with Gasteiger partial charge < -0.3 is 5.32 Å². The van der Waals surface area contributed by atoms with E-state index in [1.165, 1.54) is 32.1 Å². The molecule has 0 saturated heterocycles. The summed E-state index contributed by atoms with van der Waals surface area (Å²) in [7, 11) is 0. The Hall–Kier alpha value is -3.05. The average molecular weight is 358 g/mol. The number of fused-ring (bicyclic) bond motifs is 3. The van der Waals surface area contributed by atoms with Crippen LogP contribution in [0.4, 0.5) is 5.82 Å². The van der Waals surface area contributed by atoms with Crippen molar-refractivity contribution in [3.63, 3.8) is 0 Å². The van der Waals surface area contributed by atoms with Crippen LogP contribution < -0.4 is 9.72 Å². The van der Waals surface area contributed by atoms with Crippen LogP contribution in [0.25, 0.3) is 16.7 Å². The minimum absolute atomic E-state index is 0.441. The molecule has 0 aliphatic heterocycles. The summed E-state index contributed by atoms with van der Waals surface area (Å²) in [6.45, 7) is 2.00. The summed E-state index contributed by atoms with van der Waals surface area (Å²) in [4.78, 5) is 3.43. The van der Waals surface area contributed by atoms with Gasteiger partial charge in [0.2, 0.25) is 11.5 Å². The Kier molecular flexibility index (Phi) is 4.69. The third kappa shape index (κ3) is 3.00. The van der Waals surface area contributed by atoms with Crippen molar-refractivity contribution in [2.45, 2.75) is 57.9 Å². The van der Waals surface area contributed by atoms with Gasteiger partial charge >= 0.3 is 0 Å². The molecule has 3 aromatic rings. The summed E-state index contributed by atoms with van der Waals surface area (Å²) in [5.41, 5.74) is 5.61. The molecule has 0 radical (unpaired) electrons. The van der Waals surface area contributed by atoms with Crippen LogP contribution in [0.5, 0.6) is 0 Å². The second-order valence-corrected chi connectivity index (χ2v) is 7.40. The van der Waals surface area contributed by atoms with Crippen molar-refractivity contribution >= 4 is 22.5 Å². The molecule has 2 aromatic heterocycles. The van der Waals surface area contributed by atoms with Gasteiger partial charge in [-0.25, -0.2) is 0 Å². The number of rotatable bonds is 4. The quantitative estimate of drug-likeness (QED) is 0.683. The first-order valence-corrected chi connectivity index (χ1v) is 9.76. The Bertz CT molecular complexity index is 1070. The summed E-state index contributed by atoms with van der Waals surface area (Å²) < 4.78 is 2.15. The highest BCUT2D eigenvalue weighted by atomic mass is 15.1. The van der Waals surface area contributed by atoms with Crippen molar-refractivity contribution in [2.24, 2.45) is 0 Å². The number of para-hydroxylation sites is 2. The summed E-state index contributed by atoms with van der Waals surface area (Å²) in [5, 5.41) is 22.8. The molecule has 0 atom stereocenters. The fraction of sp³-hybridized carbons (Fsp3) is 0.409. The summed E-state index contributed by atoms with van der Waals surface area (Å²) >= 11 is 0. The summed E-state index contributed by atoms with van der Waals surface area (Å²) in [5.74, 6) is 1.04. The maximum Gasteiger partial charge on any atom is 0.250 e. The highest BCUT2D eigenvalue weighted by molar-refractivity contribution is 5.78. The number of nitrogens with zero attached hydrogens (tertiary/aromatic N) is 3. The third-order valence-corrected chi connectivity index (χ3v) is 5.74. The standard InChI is InChI=1S/C22H23N5/c1-15-17(10-7-13-23)21(25-16-8-3-2-4-9-16)27-20-12-6-5-11-19(20)26-22(27)18(15)14-24/h5-6,11-12,16H,2-4,7-10H2,1H3,(H,25,26)/p+1. The molecule has 0 spiro atoms. The number of hydrogen-bond donors (Lipinski definition) is 2. The minimum Gasteiger partial charge on any atom is -0.302 e. The van der Waals surface area contributed by atoms with Gasteiger partial charge in [0.15, 0.2) is 0 Å². The zero-order valence-corrected chi connectivity index (χ0v) is 15.7. The maximum atomic E-state index is 9.84. The number of hydrogen-bond acceptors (Lipinski definition) is 3. The Balaban J connectivity index is 2.00. The molecule has 0 amide bonds. The first kappa shape index (κ1) is 17.4. The van der Waals surface area contributed by atoms with Gasteiger partial charge in [0.1, 0.15) is 22.7 Å². The molecule has 27 heavy (non-hydrogen) atoms. The van der Waals surface area contributed by atoms with Gasteiger partial charge in [0.25, 0.3) is 0 Å². The molecule has 5 nitrogen and oxygen atoms in total. The molecule has 1 aliphatic carbocycles. The lowest BCUT2D eigenvalue weighted by Crippen LogP contribution is -2.34. The number of nitrogens with one attached hydrogen (secondary N) is 2. The first-order valence-electron chi connectivity index (χ1n) is 9.76. The lowest BCUT2D eigenvalue weighted by molar-refractivity contribution is -0.465. The second kappa shape index (κ2) is 7.29. The van der Waals surface area contributed by atoms with E-state index in [9.17, 15) is 5.26 Å². The van der Waals surface area contributed by atoms with Gasteiger partial charge in [0.05, 0.1) is 12.1 Å². The molecule has 1 fully saturated rings. The predicted molar refractivity (Wildman–Crippen MR) is 105 cm³/mol. The highest BCUT2D eigenvalue weighted by Gasteiger charge is 2.27. The number of H-pyrrole nitrogens is 1. The van der Waals surface area contributed by atoms with Crippen LogP contribution in [0.1, 0.15) is 55.2 Å². The van der Waals surface area contributed by atoms with Crippen molar-refractivity contribution in [1.29, 1.82) is 10.5 Å². The van der Waals surface area contributed by atoms with Gasteiger partial charge in [-0.2, -0.15) is 14.9 Å². The largest absolute Gasteiger partial charge is 0.302 e. The van der Waals surface area contributed by atoms with Gasteiger partial charge in [0, 0.05) is 12.0 Å². The van der Waals surface area contributed by atoms with E-state index < -0.39 is 0 Å². The van der Waals surface area contributed by atoms with Crippen molar-refractivity contribution in [3.8, 4) is 12.1 Å². The Morgan fingerprint density at radius 1 is 1.19 bits per heavy atom. The van der Waals surface area contributed by atoms with E-state index >= 15 is 0 Å². The second-order valence-electron chi connectivity index (χ2n) is 7.40. The number of anilines is 1. The van der Waals surface area contributed by atoms with Gasteiger partial charge in [-0.15, -0.1) is 0 Å². The van der Waals surface area contributed by atoms with E-state index in [0.717, 1.165) is 33.6 Å².